The number of hydrogen-bond acceptors (Lipinski definition) is 4. The van der Waals surface area contributed by atoms with Gasteiger partial charge in [0.2, 0.25) is 0 Å². The molecule has 0 aliphatic carbocycles. The van der Waals surface area contributed by atoms with Crippen LogP contribution in [0.25, 0.3) is 0 Å². The highest BCUT2D eigenvalue weighted by molar-refractivity contribution is 9.10. The van der Waals surface area contributed by atoms with Crippen molar-refractivity contribution >= 4 is 33.2 Å². The molecule has 4 nitrogen and oxygen atoms in total. The molecule has 15 heavy (non-hydrogen) atoms. The molecule has 0 radical (unpaired) electrons. The van der Waals surface area contributed by atoms with E-state index in [2.05, 4.69) is 15.9 Å². The van der Waals surface area contributed by atoms with Crippen LogP contribution >= 0.6 is 27.3 Å². The molecule has 1 fully saturated rings. The van der Waals surface area contributed by atoms with E-state index in [9.17, 15) is 4.79 Å². The third-order valence-corrected chi connectivity index (χ3v) is 4.41. The van der Waals surface area contributed by atoms with Gasteiger partial charge in [-0.1, -0.05) is 0 Å². The molecule has 82 valence electrons. The molecule has 1 atom stereocenters. The highest BCUT2D eigenvalue weighted by Gasteiger charge is 2.52. The van der Waals surface area contributed by atoms with Gasteiger partial charge in [0.05, 0.1) is 19.3 Å². The molecule has 1 aliphatic heterocycles. The second kappa shape index (κ2) is 3.86. The molecule has 0 bridgehead atoms. The Hall–Kier alpha value is -0.430. The Labute approximate surface area is 99.2 Å². The van der Waals surface area contributed by atoms with Crippen LogP contribution in [0.3, 0.4) is 0 Å². The lowest BCUT2D eigenvalue weighted by atomic mass is 9.78. The minimum Gasteiger partial charge on any atom is -0.481 e. The third kappa shape index (κ3) is 1.71. The first-order valence-electron chi connectivity index (χ1n) is 4.37. The van der Waals surface area contributed by atoms with Crippen LogP contribution in [0.5, 0.6) is 0 Å². The van der Waals surface area contributed by atoms with Crippen molar-refractivity contribution in [3.05, 3.63) is 20.8 Å². The Kier molecular flexibility index (Phi) is 2.85. The fraction of sp³-hybridized carbons (Fsp3) is 0.444. The number of ether oxygens (including phenoxy) is 1. The van der Waals surface area contributed by atoms with Gasteiger partial charge in [-0.15, -0.1) is 11.3 Å². The fourth-order valence-electron chi connectivity index (χ4n) is 1.52. The predicted molar refractivity (Wildman–Crippen MR) is 59.8 cm³/mol. The normalized spacial score (nSPS) is 20.7. The molecule has 0 spiro atoms. The van der Waals surface area contributed by atoms with Gasteiger partial charge in [0.15, 0.2) is 0 Å². The second-order valence-corrected chi connectivity index (χ2v) is 5.46. The van der Waals surface area contributed by atoms with Crippen LogP contribution < -0.4 is 5.73 Å². The van der Waals surface area contributed by atoms with Crippen molar-refractivity contribution < 1.29 is 14.6 Å². The molecule has 1 saturated heterocycles. The zero-order valence-corrected chi connectivity index (χ0v) is 10.2. The summed E-state index contributed by atoms with van der Waals surface area (Å²) in [7, 11) is 0. The first kappa shape index (κ1) is 11.1. The molecule has 1 aliphatic rings. The summed E-state index contributed by atoms with van der Waals surface area (Å²) in [6.45, 7) is 0.387. The van der Waals surface area contributed by atoms with Gasteiger partial charge in [-0.05, 0) is 22.0 Å². The number of hydrogen-bond donors (Lipinski definition) is 2. The molecule has 1 aromatic rings. The summed E-state index contributed by atoms with van der Waals surface area (Å²) >= 11 is 4.78. The van der Waals surface area contributed by atoms with Crippen molar-refractivity contribution in [1.82, 2.24) is 0 Å². The van der Waals surface area contributed by atoms with E-state index in [1.165, 1.54) is 11.3 Å². The molecule has 0 amide bonds. The number of carboxylic acids is 1. The summed E-state index contributed by atoms with van der Waals surface area (Å²) in [6, 6.07) is 1.36. The number of rotatable bonds is 3. The zero-order valence-electron chi connectivity index (χ0n) is 7.77. The number of nitrogens with two attached hydrogens (primary N) is 1. The highest BCUT2D eigenvalue weighted by atomic mass is 79.9. The molecular formula is C9H10BrNO3S. The van der Waals surface area contributed by atoms with Gasteiger partial charge in [0.25, 0.3) is 0 Å². The molecule has 0 aromatic carbocycles. The Bertz CT molecular complexity index is 388. The molecule has 2 heterocycles. The van der Waals surface area contributed by atoms with E-state index >= 15 is 0 Å². The lowest BCUT2D eigenvalue weighted by Gasteiger charge is -2.41. The fourth-order valence-corrected chi connectivity index (χ4v) is 3.08. The van der Waals surface area contributed by atoms with E-state index < -0.39 is 17.4 Å². The van der Waals surface area contributed by atoms with E-state index in [1.807, 2.05) is 11.4 Å². The molecular weight excluding hydrogens is 282 g/mol. The van der Waals surface area contributed by atoms with Crippen molar-refractivity contribution in [2.45, 2.75) is 6.04 Å². The lowest BCUT2D eigenvalue weighted by molar-refractivity contribution is -0.184. The number of carboxylic acid groups (broad SMARTS) is 1. The van der Waals surface area contributed by atoms with Crippen LogP contribution in [0.1, 0.15) is 10.9 Å². The Morgan fingerprint density at radius 1 is 1.73 bits per heavy atom. The van der Waals surface area contributed by atoms with Crippen molar-refractivity contribution in [2.75, 3.05) is 13.2 Å². The first-order chi connectivity index (χ1) is 7.06. The monoisotopic (exact) mass is 291 g/mol. The van der Waals surface area contributed by atoms with Crippen molar-refractivity contribution in [3.63, 3.8) is 0 Å². The maximum absolute atomic E-state index is 11.2. The summed E-state index contributed by atoms with van der Waals surface area (Å²) in [6.07, 6.45) is 0. The topological polar surface area (TPSA) is 72.6 Å². The van der Waals surface area contributed by atoms with Crippen LogP contribution in [0, 0.1) is 5.41 Å². The Balaban J connectivity index is 2.26. The highest BCUT2D eigenvalue weighted by Crippen LogP contribution is 2.41. The number of aliphatic carboxylic acids is 1. The smallest absolute Gasteiger partial charge is 0.316 e. The van der Waals surface area contributed by atoms with E-state index in [1.54, 1.807) is 0 Å². The molecule has 1 unspecified atom stereocenters. The van der Waals surface area contributed by atoms with Gasteiger partial charge in [-0.3, -0.25) is 4.79 Å². The maximum atomic E-state index is 11.2. The molecule has 0 saturated carbocycles. The molecule has 1 aromatic heterocycles. The van der Waals surface area contributed by atoms with Gasteiger partial charge in [0, 0.05) is 14.7 Å². The van der Waals surface area contributed by atoms with E-state index in [-0.39, 0.29) is 13.2 Å². The van der Waals surface area contributed by atoms with E-state index in [0.29, 0.717) is 0 Å². The first-order valence-corrected chi connectivity index (χ1v) is 6.04. The van der Waals surface area contributed by atoms with Crippen LogP contribution in [-0.2, 0) is 9.53 Å². The minimum atomic E-state index is -0.940. The predicted octanol–water partition coefficient (Wildman–Crippen LogP) is 1.61. The van der Waals surface area contributed by atoms with Crippen molar-refractivity contribution in [3.8, 4) is 0 Å². The average Bonchev–Trinajstić information content (AvgIpc) is 2.48. The number of carbonyl (C=O) groups is 1. The summed E-state index contributed by atoms with van der Waals surface area (Å²) in [5.41, 5.74) is 5.04. The summed E-state index contributed by atoms with van der Waals surface area (Å²) in [5, 5.41) is 11.0. The molecule has 3 N–H and O–H groups in total. The van der Waals surface area contributed by atoms with Gasteiger partial charge in [0.1, 0.15) is 5.41 Å². The third-order valence-electron chi connectivity index (χ3n) is 2.63. The van der Waals surface area contributed by atoms with Gasteiger partial charge < -0.3 is 15.6 Å². The van der Waals surface area contributed by atoms with Crippen molar-refractivity contribution in [1.29, 1.82) is 0 Å². The quantitative estimate of drug-likeness (QED) is 0.887. The van der Waals surface area contributed by atoms with Crippen LogP contribution in [0.4, 0.5) is 0 Å². The largest absolute Gasteiger partial charge is 0.481 e. The van der Waals surface area contributed by atoms with Gasteiger partial charge in [-0.2, -0.15) is 0 Å². The summed E-state index contributed by atoms with van der Waals surface area (Å²) in [5.74, 6) is -0.884. The van der Waals surface area contributed by atoms with Crippen LogP contribution in [0.2, 0.25) is 0 Å². The summed E-state index contributed by atoms with van der Waals surface area (Å²) < 4.78 is 5.91. The standard InChI is InChI=1S/C9H10BrNO3S/c10-5-1-6(15-2-5)7(11)9(8(12)13)3-14-4-9/h1-2,7H,3-4,11H2,(H,12,13). The summed E-state index contributed by atoms with van der Waals surface area (Å²) in [4.78, 5) is 12.0. The van der Waals surface area contributed by atoms with Crippen LogP contribution in [0.15, 0.2) is 15.9 Å². The van der Waals surface area contributed by atoms with Crippen LogP contribution in [-0.4, -0.2) is 24.3 Å². The Morgan fingerprint density at radius 3 is 2.73 bits per heavy atom. The molecule has 6 heteroatoms. The lowest BCUT2D eigenvalue weighted by Crippen LogP contribution is -2.55. The minimum absolute atomic E-state index is 0.193. The van der Waals surface area contributed by atoms with E-state index in [4.69, 9.17) is 15.6 Å². The Morgan fingerprint density at radius 2 is 2.40 bits per heavy atom. The SMILES string of the molecule is NC(c1cc(Br)cs1)C1(C(=O)O)COC1. The second-order valence-electron chi connectivity index (χ2n) is 3.60. The number of thiophene rings is 1. The maximum Gasteiger partial charge on any atom is 0.316 e. The molecule has 2 rings (SSSR count). The van der Waals surface area contributed by atoms with E-state index in [0.717, 1.165) is 9.35 Å². The van der Waals surface area contributed by atoms with Gasteiger partial charge in [-0.25, -0.2) is 0 Å². The van der Waals surface area contributed by atoms with Crippen molar-refractivity contribution in [2.24, 2.45) is 11.1 Å². The zero-order chi connectivity index (χ0) is 11.1. The number of halogens is 1. The van der Waals surface area contributed by atoms with Gasteiger partial charge >= 0.3 is 5.97 Å². The average molecular weight is 292 g/mol.